The predicted molar refractivity (Wildman–Crippen MR) is 195 cm³/mol. The van der Waals surface area contributed by atoms with Crippen molar-refractivity contribution in [2.75, 3.05) is 132 Å². The summed E-state index contributed by atoms with van der Waals surface area (Å²) in [6.07, 6.45) is 2.47. The lowest BCUT2D eigenvalue weighted by molar-refractivity contribution is -0.136. The zero-order chi connectivity index (χ0) is 38.8. The van der Waals surface area contributed by atoms with Crippen LogP contribution in [-0.2, 0) is 52.3 Å². The van der Waals surface area contributed by atoms with Crippen LogP contribution in [0.25, 0.3) is 0 Å². The van der Waals surface area contributed by atoms with E-state index in [0.29, 0.717) is 112 Å². The molecule has 0 aliphatic carbocycles. The number of anilines is 1. The molecule has 2 aliphatic heterocycles. The van der Waals surface area contributed by atoms with Crippen LogP contribution in [0.2, 0.25) is 0 Å². The highest BCUT2D eigenvalue weighted by atomic mass is 16.6. The number of fused-ring (bicyclic) bond motifs is 1. The lowest BCUT2D eigenvalue weighted by Gasteiger charge is -2.27. The summed E-state index contributed by atoms with van der Waals surface area (Å²) in [6, 6.07) is 3.54. The minimum absolute atomic E-state index is 0.0305. The Morgan fingerprint density at radius 2 is 1.19 bits per heavy atom. The van der Waals surface area contributed by atoms with Crippen LogP contribution in [0.1, 0.15) is 59.2 Å². The quantitative estimate of drug-likeness (QED) is 0.0788. The molecule has 1 unspecified atom stereocenters. The average molecular weight is 767 g/mol. The topological polar surface area (TPSA) is 190 Å². The summed E-state index contributed by atoms with van der Waals surface area (Å²) in [6.45, 7) is 9.07. The van der Waals surface area contributed by atoms with E-state index in [1.54, 1.807) is 12.1 Å². The normalized spacial score (nSPS) is 15.7. The van der Waals surface area contributed by atoms with Gasteiger partial charge in [-0.2, -0.15) is 0 Å². The summed E-state index contributed by atoms with van der Waals surface area (Å²) in [4.78, 5) is 65.6. The second-order valence-electron chi connectivity index (χ2n) is 12.7. The molecular weight excluding hydrogens is 708 g/mol. The molecule has 0 radical (unpaired) electrons. The molecule has 2 N–H and O–H groups in total. The van der Waals surface area contributed by atoms with E-state index in [9.17, 15) is 24.0 Å². The monoisotopic (exact) mass is 766 g/mol. The maximum atomic E-state index is 13.2. The van der Waals surface area contributed by atoms with Crippen molar-refractivity contribution < 1.29 is 61.9 Å². The number of nitrogens with zero attached hydrogens (tertiary/aromatic N) is 2. The number of imide groups is 2. The molecule has 17 nitrogen and oxygen atoms in total. The summed E-state index contributed by atoms with van der Waals surface area (Å²) in [5.41, 5.74) is 0.390. The number of amides is 5. The van der Waals surface area contributed by atoms with E-state index in [4.69, 9.17) is 37.9 Å². The van der Waals surface area contributed by atoms with Crippen molar-refractivity contribution in [2.24, 2.45) is 0 Å². The molecule has 304 valence electrons. The van der Waals surface area contributed by atoms with E-state index in [1.807, 2.05) is 14.1 Å². The van der Waals surface area contributed by atoms with E-state index in [1.165, 1.54) is 6.07 Å². The molecule has 1 aromatic carbocycles. The third-order valence-electron chi connectivity index (χ3n) is 8.22. The van der Waals surface area contributed by atoms with Crippen LogP contribution in [0.4, 0.5) is 5.69 Å². The van der Waals surface area contributed by atoms with Gasteiger partial charge in [0.2, 0.25) is 17.7 Å². The van der Waals surface area contributed by atoms with Crippen molar-refractivity contribution in [3.63, 3.8) is 0 Å². The predicted octanol–water partition coefficient (Wildman–Crippen LogP) is 1.28. The summed E-state index contributed by atoms with van der Waals surface area (Å²) in [5.74, 6) is -2.70. The van der Waals surface area contributed by atoms with Gasteiger partial charge in [-0.05, 0) is 45.5 Å². The van der Waals surface area contributed by atoms with Gasteiger partial charge < -0.3 is 48.1 Å². The van der Waals surface area contributed by atoms with Gasteiger partial charge in [0.25, 0.3) is 11.8 Å². The highest BCUT2D eigenvalue weighted by molar-refractivity contribution is 6.26. The van der Waals surface area contributed by atoms with Gasteiger partial charge in [-0.3, -0.25) is 34.2 Å². The zero-order valence-corrected chi connectivity index (χ0v) is 31.8. The Morgan fingerprint density at radius 1 is 0.685 bits per heavy atom. The second kappa shape index (κ2) is 27.2. The first-order valence-corrected chi connectivity index (χ1v) is 18.7. The maximum absolute atomic E-state index is 13.2. The molecule has 1 aromatic rings. The molecule has 1 fully saturated rings. The van der Waals surface area contributed by atoms with Crippen molar-refractivity contribution in [3.05, 3.63) is 29.3 Å². The Kier molecular flexibility index (Phi) is 22.7. The maximum Gasteiger partial charge on any atom is 0.264 e. The molecule has 5 amide bonds. The van der Waals surface area contributed by atoms with Crippen molar-refractivity contribution in [1.82, 2.24) is 15.1 Å². The van der Waals surface area contributed by atoms with Gasteiger partial charge >= 0.3 is 0 Å². The van der Waals surface area contributed by atoms with Crippen molar-refractivity contribution >= 4 is 35.2 Å². The third-order valence-corrected chi connectivity index (χ3v) is 8.22. The van der Waals surface area contributed by atoms with E-state index in [0.717, 1.165) is 24.3 Å². The van der Waals surface area contributed by atoms with Crippen LogP contribution in [0, 0.1) is 0 Å². The largest absolute Gasteiger partial charge is 0.379 e. The van der Waals surface area contributed by atoms with Crippen LogP contribution in [0.3, 0.4) is 0 Å². The Balaban J connectivity index is 1.06. The highest BCUT2D eigenvalue weighted by Gasteiger charge is 2.45. The Morgan fingerprint density at radius 3 is 1.69 bits per heavy atom. The van der Waals surface area contributed by atoms with Gasteiger partial charge in [-0.15, -0.1) is 0 Å². The minimum atomic E-state index is -1.07. The fourth-order valence-electron chi connectivity index (χ4n) is 5.39. The van der Waals surface area contributed by atoms with Crippen LogP contribution < -0.4 is 10.6 Å². The van der Waals surface area contributed by atoms with Gasteiger partial charge in [0.15, 0.2) is 0 Å². The molecular formula is C37H58N4O13. The fourth-order valence-corrected chi connectivity index (χ4v) is 5.39. The minimum Gasteiger partial charge on any atom is -0.379 e. The number of ether oxygens (including phenoxy) is 8. The molecule has 0 bridgehead atoms. The number of hydrogen-bond acceptors (Lipinski definition) is 14. The zero-order valence-electron chi connectivity index (χ0n) is 31.8. The number of carbonyl (C=O) groups is 5. The summed E-state index contributed by atoms with van der Waals surface area (Å²) in [7, 11) is 4.02. The van der Waals surface area contributed by atoms with Gasteiger partial charge in [-0.25, -0.2) is 0 Å². The molecule has 1 atom stereocenters. The van der Waals surface area contributed by atoms with E-state index >= 15 is 0 Å². The van der Waals surface area contributed by atoms with Crippen LogP contribution >= 0.6 is 0 Å². The summed E-state index contributed by atoms with van der Waals surface area (Å²) in [5, 5.41) is 4.91. The van der Waals surface area contributed by atoms with Crippen molar-refractivity contribution in [3.8, 4) is 0 Å². The lowest BCUT2D eigenvalue weighted by atomic mass is 10.0. The molecule has 2 aliphatic rings. The van der Waals surface area contributed by atoms with Crippen molar-refractivity contribution in [2.45, 2.75) is 44.6 Å². The number of hydrogen-bond donors (Lipinski definition) is 2. The number of likely N-dealkylation sites (N-methyl/N-ethyl adjacent to an activating group) is 1. The van der Waals surface area contributed by atoms with E-state index in [2.05, 4.69) is 15.5 Å². The van der Waals surface area contributed by atoms with Crippen LogP contribution in [0.15, 0.2) is 18.2 Å². The Hall–Kier alpha value is -3.39. The Labute approximate surface area is 317 Å². The first-order valence-electron chi connectivity index (χ1n) is 18.7. The Bertz CT molecular complexity index is 1300. The first kappa shape index (κ1) is 45.0. The number of piperidine rings is 1. The van der Waals surface area contributed by atoms with Crippen molar-refractivity contribution in [1.29, 1.82) is 0 Å². The molecule has 17 heteroatoms. The lowest BCUT2D eigenvalue weighted by Crippen LogP contribution is -2.54. The molecule has 1 saturated heterocycles. The third kappa shape index (κ3) is 17.4. The number of unbranched alkanes of at least 4 members (excludes halogenated alkanes) is 2. The van der Waals surface area contributed by atoms with Gasteiger partial charge in [0, 0.05) is 26.0 Å². The summed E-state index contributed by atoms with van der Waals surface area (Å²) < 4.78 is 43.9. The molecule has 0 saturated carbocycles. The molecule has 54 heavy (non-hydrogen) atoms. The summed E-state index contributed by atoms with van der Waals surface area (Å²) >= 11 is 0. The smallest absolute Gasteiger partial charge is 0.264 e. The molecule has 2 heterocycles. The number of carbonyl (C=O) groups excluding carboxylic acids is 5. The van der Waals surface area contributed by atoms with E-state index < -0.39 is 29.7 Å². The first-order chi connectivity index (χ1) is 26.3. The van der Waals surface area contributed by atoms with Gasteiger partial charge in [0.1, 0.15) is 6.04 Å². The van der Waals surface area contributed by atoms with Gasteiger partial charge in [0.05, 0.1) is 116 Å². The average Bonchev–Trinajstić information content (AvgIpc) is 3.40. The molecule has 3 rings (SSSR count). The van der Waals surface area contributed by atoms with Crippen LogP contribution in [0.5, 0.6) is 0 Å². The second-order valence-corrected chi connectivity index (χ2v) is 12.7. The van der Waals surface area contributed by atoms with E-state index in [-0.39, 0.29) is 42.0 Å². The number of nitrogens with one attached hydrogen (secondary N) is 2. The van der Waals surface area contributed by atoms with Crippen LogP contribution in [-0.4, -0.2) is 172 Å². The molecule has 0 aromatic heterocycles. The standard InChI is InChI=1S/C37H58N4O13/c1-40(2)12-14-48-16-18-50-20-22-52-24-26-54-28-27-53-25-23-51-21-19-49-17-15-47-13-5-3-4-9-32(42)38-30-8-6-7-29-34(30)37(46)41(36(29)45)31-10-11-33(43)39-35(31)44/h6-8,31H,3-5,9-28H2,1-2H3,(H,38,42)(H,39,43,44). The SMILES string of the molecule is CN(C)CCOCCOCCOCCOCCOCCOCCOCCOCCCCCC(=O)Nc1cccc2c1C(=O)N(C1CCC(=O)NC1=O)C2=O. The molecule has 0 spiro atoms. The van der Waals surface area contributed by atoms with Gasteiger partial charge in [-0.1, -0.05) is 12.5 Å². The fraction of sp³-hybridized carbons (Fsp3) is 0.703. The number of rotatable bonds is 32. The highest BCUT2D eigenvalue weighted by Crippen LogP contribution is 2.32. The number of benzene rings is 1.